The lowest BCUT2D eigenvalue weighted by Crippen LogP contribution is -2.45. The van der Waals surface area contributed by atoms with E-state index in [2.05, 4.69) is 13.8 Å². The van der Waals surface area contributed by atoms with Crippen LogP contribution in [0.5, 0.6) is 0 Å². The summed E-state index contributed by atoms with van der Waals surface area (Å²) in [6, 6.07) is 0. The summed E-state index contributed by atoms with van der Waals surface area (Å²) in [4.78, 5) is 14.4. The molecule has 3 heteroatoms. The van der Waals surface area contributed by atoms with E-state index in [0.717, 1.165) is 11.4 Å². The van der Waals surface area contributed by atoms with Crippen LogP contribution in [0.15, 0.2) is 0 Å². The summed E-state index contributed by atoms with van der Waals surface area (Å²) in [6.07, 6.45) is 0.615. The fourth-order valence-corrected chi connectivity index (χ4v) is 2.23. The molecular formula is C10H17NOS. The Labute approximate surface area is 85.3 Å². The Morgan fingerprint density at radius 3 is 2.69 bits per heavy atom. The first-order valence-electron chi connectivity index (χ1n) is 4.86. The Bertz CT molecular complexity index is 225. The van der Waals surface area contributed by atoms with Crippen LogP contribution >= 0.6 is 12.2 Å². The Morgan fingerprint density at radius 2 is 2.23 bits per heavy atom. The minimum Gasteiger partial charge on any atom is -0.338 e. The number of carbonyl (C=O) groups is 1. The van der Waals surface area contributed by atoms with E-state index in [-0.39, 0.29) is 5.91 Å². The van der Waals surface area contributed by atoms with Gasteiger partial charge in [0.1, 0.15) is 0 Å². The van der Waals surface area contributed by atoms with Gasteiger partial charge in [0, 0.05) is 23.7 Å². The second-order valence-corrected chi connectivity index (χ2v) is 4.45. The summed E-state index contributed by atoms with van der Waals surface area (Å²) >= 11 is 5.31. The SMILES string of the molecule is CCN1CC(=S)C(C(C)C)CC1=O. The van der Waals surface area contributed by atoms with Gasteiger partial charge in [0.2, 0.25) is 5.91 Å². The van der Waals surface area contributed by atoms with Crippen LogP contribution in [0.1, 0.15) is 27.2 Å². The van der Waals surface area contributed by atoms with E-state index in [9.17, 15) is 4.79 Å². The number of likely N-dealkylation sites (tertiary alicyclic amines) is 1. The zero-order chi connectivity index (χ0) is 10.0. The largest absolute Gasteiger partial charge is 0.338 e. The highest BCUT2D eigenvalue weighted by atomic mass is 32.1. The van der Waals surface area contributed by atoms with Crippen molar-refractivity contribution in [1.29, 1.82) is 0 Å². The summed E-state index contributed by atoms with van der Waals surface area (Å²) in [5.41, 5.74) is 0. The monoisotopic (exact) mass is 199 g/mol. The highest BCUT2D eigenvalue weighted by molar-refractivity contribution is 7.80. The lowest BCUT2D eigenvalue weighted by molar-refractivity contribution is -0.132. The van der Waals surface area contributed by atoms with Crippen molar-refractivity contribution in [3.05, 3.63) is 0 Å². The summed E-state index contributed by atoms with van der Waals surface area (Å²) in [5, 5.41) is 0. The first-order valence-corrected chi connectivity index (χ1v) is 5.27. The van der Waals surface area contributed by atoms with Crippen LogP contribution in [0.25, 0.3) is 0 Å². The molecule has 0 aromatic heterocycles. The quantitative estimate of drug-likeness (QED) is 0.633. The molecule has 0 spiro atoms. The molecule has 0 radical (unpaired) electrons. The number of rotatable bonds is 2. The van der Waals surface area contributed by atoms with Crippen LogP contribution in [0, 0.1) is 11.8 Å². The number of thiocarbonyl (C=S) groups is 1. The molecule has 0 aromatic carbocycles. The maximum Gasteiger partial charge on any atom is 0.223 e. The van der Waals surface area contributed by atoms with E-state index in [1.807, 2.05) is 11.8 Å². The smallest absolute Gasteiger partial charge is 0.223 e. The predicted octanol–water partition coefficient (Wildman–Crippen LogP) is 1.88. The van der Waals surface area contributed by atoms with Crippen molar-refractivity contribution in [3.8, 4) is 0 Å². The molecule has 13 heavy (non-hydrogen) atoms. The van der Waals surface area contributed by atoms with Gasteiger partial charge < -0.3 is 4.90 Å². The molecule has 1 aliphatic rings. The lowest BCUT2D eigenvalue weighted by Gasteiger charge is -2.33. The third-order valence-electron chi connectivity index (χ3n) is 2.69. The van der Waals surface area contributed by atoms with E-state index < -0.39 is 0 Å². The van der Waals surface area contributed by atoms with Crippen LogP contribution < -0.4 is 0 Å². The van der Waals surface area contributed by atoms with Crippen molar-refractivity contribution >= 4 is 23.0 Å². The lowest BCUT2D eigenvalue weighted by atomic mass is 9.86. The molecule has 0 aromatic rings. The Morgan fingerprint density at radius 1 is 1.62 bits per heavy atom. The molecule has 0 bridgehead atoms. The predicted molar refractivity (Wildman–Crippen MR) is 57.8 cm³/mol. The van der Waals surface area contributed by atoms with Crippen molar-refractivity contribution in [2.24, 2.45) is 11.8 Å². The Kier molecular flexibility index (Phi) is 3.42. The highest BCUT2D eigenvalue weighted by Crippen LogP contribution is 2.23. The van der Waals surface area contributed by atoms with Gasteiger partial charge in [0.25, 0.3) is 0 Å². The normalized spacial score (nSPS) is 24.3. The average molecular weight is 199 g/mol. The molecular weight excluding hydrogens is 182 g/mol. The maximum atomic E-state index is 11.6. The molecule has 1 atom stereocenters. The van der Waals surface area contributed by atoms with Crippen molar-refractivity contribution in [2.75, 3.05) is 13.1 Å². The van der Waals surface area contributed by atoms with Gasteiger partial charge in [-0.1, -0.05) is 26.1 Å². The number of nitrogens with zero attached hydrogens (tertiary/aromatic N) is 1. The Hall–Kier alpha value is -0.440. The maximum absolute atomic E-state index is 11.6. The highest BCUT2D eigenvalue weighted by Gasteiger charge is 2.30. The van der Waals surface area contributed by atoms with Gasteiger partial charge >= 0.3 is 0 Å². The van der Waals surface area contributed by atoms with E-state index in [0.29, 0.717) is 24.8 Å². The minimum absolute atomic E-state index is 0.259. The van der Waals surface area contributed by atoms with Gasteiger partial charge in [0.15, 0.2) is 0 Å². The molecule has 2 nitrogen and oxygen atoms in total. The topological polar surface area (TPSA) is 20.3 Å². The van der Waals surface area contributed by atoms with E-state index in [1.54, 1.807) is 0 Å². The van der Waals surface area contributed by atoms with E-state index in [1.165, 1.54) is 0 Å². The zero-order valence-corrected chi connectivity index (χ0v) is 9.36. The molecule has 1 heterocycles. The summed E-state index contributed by atoms with van der Waals surface area (Å²) in [7, 11) is 0. The van der Waals surface area contributed by atoms with Crippen LogP contribution in [0.4, 0.5) is 0 Å². The number of hydrogen-bond donors (Lipinski definition) is 0. The zero-order valence-electron chi connectivity index (χ0n) is 8.54. The van der Waals surface area contributed by atoms with Crippen molar-refractivity contribution < 1.29 is 4.79 Å². The molecule has 1 fully saturated rings. The number of hydrogen-bond acceptors (Lipinski definition) is 2. The van der Waals surface area contributed by atoms with Crippen molar-refractivity contribution in [1.82, 2.24) is 4.90 Å². The second kappa shape index (κ2) is 4.18. The van der Waals surface area contributed by atoms with Crippen molar-refractivity contribution in [3.63, 3.8) is 0 Å². The Balaban J connectivity index is 2.67. The fraction of sp³-hybridized carbons (Fsp3) is 0.800. The van der Waals surface area contributed by atoms with Crippen LogP contribution in [0.3, 0.4) is 0 Å². The molecule has 1 amide bonds. The summed E-state index contributed by atoms with van der Waals surface area (Å²) in [5.74, 6) is 1.08. The third kappa shape index (κ3) is 2.27. The van der Waals surface area contributed by atoms with Gasteiger partial charge in [-0.2, -0.15) is 0 Å². The van der Waals surface area contributed by atoms with Gasteiger partial charge in [0.05, 0.1) is 6.54 Å². The average Bonchev–Trinajstić information content (AvgIpc) is 2.07. The number of carbonyl (C=O) groups excluding carboxylic acids is 1. The standard InChI is InChI=1S/C10H17NOS/c1-4-11-6-9(13)8(7(2)3)5-10(11)12/h7-8H,4-6H2,1-3H3. The molecule has 0 saturated carbocycles. The third-order valence-corrected chi connectivity index (χ3v) is 3.13. The van der Waals surface area contributed by atoms with Gasteiger partial charge in [-0.25, -0.2) is 0 Å². The first-order chi connectivity index (χ1) is 6.06. The minimum atomic E-state index is 0.259. The van der Waals surface area contributed by atoms with Gasteiger partial charge in [-0.05, 0) is 12.8 Å². The van der Waals surface area contributed by atoms with Crippen LogP contribution in [-0.4, -0.2) is 28.8 Å². The van der Waals surface area contributed by atoms with Gasteiger partial charge in [-0.15, -0.1) is 0 Å². The number of piperidine rings is 1. The molecule has 1 saturated heterocycles. The fourth-order valence-electron chi connectivity index (χ4n) is 1.72. The molecule has 74 valence electrons. The molecule has 1 rings (SSSR count). The second-order valence-electron chi connectivity index (χ2n) is 3.93. The molecule has 1 unspecified atom stereocenters. The molecule has 0 N–H and O–H groups in total. The van der Waals surface area contributed by atoms with Crippen LogP contribution in [-0.2, 0) is 4.79 Å². The van der Waals surface area contributed by atoms with Crippen LogP contribution in [0.2, 0.25) is 0 Å². The van der Waals surface area contributed by atoms with Crippen molar-refractivity contribution in [2.45, 2.75) is 27.2 Å². The number of amides is 1. The van der Waals surface area contributed by atoms with E-state index in [4.69, 9.17) is 12.2 Å². The summed E-state index contributed by atoms with van der Waals surface area (Å²) in [6.45, 7) is 7.73. The van der Waals surface area contributed by atoms with E-state index >= 15 is 0 Å². The molecule has 1 aliphatic heterocycles. The van der Waals surface area contributed by atoms with Gasteiger partial charge in [-0.3, -0.25) is 4.79 Å². The first kappa shape index (κ1) is 10.6. The summed E-state index contributed by atoms with van der Waals surface area (Å²) < 4.78 is 0. The molecule has 0 aliphatic carbocycles.